The van der Waals surface area contributed by atoms with Gasteiger partial charge in [0, 0.05) is 62.2 Å². The van der Waals surface area contributed by atoms with Gasteiger partial charge in [0.2, 0.25) is 17.1 Å². The monoisotopic (exact) mass is 756 g/mol. The Labute approximate surface area is 320 Å². The third-order valence-electron chi connectivity index (χ3n) is 9.87. The molecule has 0 unspecified atom stereocenters. The number of likely N-dealkylation sites (N-methyl/N-ethyl adjacent to an activating group) is 1. The number of rotatable bonds is 10. The zero-order valence-corrected chi connectivity index (χ0v) is 32.1. The van der Waals surface area contributed by atoms with E-state index in [-0.39, 0.29) is 29.4 Å². The summed E-state index contributed by atoms with van der Waals surface area (Å²) in [6.45, 7) is 9.62. The van der Waals surface area contributed by atoms with Crippen LogP contribution in [0.2, 0.25) is 5.28 Å². The molecule has 15 heteroatoms. The SMILES string of the molecule is CN1CCN(c2ncc(-c3cccc(C[C@H](N)C(=O)N(C(=O)C4CCC(CNC(=O)OC(C)(C)C)CC4)c4ccc(-c5n[nH]c(Cl)n5)cc4)c3)cn2)CC1. The van der Waals surface area contributed by atoms with Gasteiger partial charge in [0.05, 0.1) is 11.7 Å². The quantitative estimate of drug-likeness (QED) is 0.197. The van der Waals surface area contributed by atoms with E-state index in [0.29, 0.717) is 42.4 Å². The molecule has 4 aromatic rings. The van der Waals surface area contributed by atoms with E-state index in [1.807, 2.05) is 57.4 Å². The van der Waals surface area contributed by atoms with Gasteiger partial charge in [-0.3, -0.25) is 9.59 Å². The number of carbonyl (C=O) groups is 3. The molecule has 4 N–H and O–H groups in total. The number of ether oxygens (including phenoxy) is 1. The summed E-state index contributed by atoms with van der Waals surface area (Å²) < 4.78 is 5.37. The topological polar surface area (TPSA) is 176 Å². The molecule has 1 aliphatic heterocycles. The van der Waals surface area contributed by atoms with E-state index in [2.05, 4.69) is 47.3 Å². The lowest BCUT2D eigenvalue weighted by Crippen LogP contribution is -2.50. The second kappa shape index (κ2) is 17.0. The summed E-state index contributed by atoms with van der Waals surface area (Å²) >= 11 is 5.94. The Bertz CT molecular complexity index is 1900. The van der Waals surface area contributed by atoms with E-state index in [4.69, 9.17) is 22.1 Å². The molecule has 0 spiro atoms. The molecule has 54 heavy (non-hydrogen) atoms. The first-order valence-corrected chi connectivity index (χ1v) is 18.8. The largest absolute Gasteiger partial charge is 0.444 e. The van der Waals surface area contributed by atoms with Gasteiger partial charge in [-0.2, -0.15) is 10.1 Å². The summed E-state index contributed by atoms with van der Waals surface area (Å²) in [7, 11) is 2.11. The number of imide groups is 1. The second-order valence-corrected chi connectivity index (χ2v) is 15.5. The van der Waals surface area contributed by atoms with Crippen molar-refractivity contribution in [3.63, 3.8) is 0 Å². The van der Waals surface area contributed by atoms with Gasteiger partial charge >= 0.3 is 6.09 Å². The molecular formula is C39H49ClN10O4. The first kappa shape index (κ1) is 38.8. The van der Waals surface area contributed by atoms with Crippen molar-refractivity contribution in [1.29, 1.82) is 0 Å². The first-order chi connectivity index (χ1) is 25.8. The van der Waals surface area contributed by atoms with Gasteiger partial charge in [-0.15, -0.1) is 0 Å². The summed E-state index contributed by atoms with van der Waals surface area (Å²) in [6.07, 6.45) is 5.99. The number of aromatic amines is 1. The molecule has 1 atom stereocenters. The van der Waals surface area contributed by atoms with Gasteiger partial charge < -0.3 is 25.6 Å². The van der Waals surface area contributed by atoms with Crippen LogP contribution < -0.4 is 20.9 Å². The van der Waals surface area contributed by atoms with Crippen LogP contribution in [0.5, 0.6) is 0 Å². The average molecular weight is 757 g/mol. The minimum atomic E-state index is -0.999. The number of piperazine rings is 1. The van der Waals surface area contributed by atoms with Crippen molar-refractivity contribution in [2.45, 2.75) is 64.5 Å². The molecule has 14 nitrogen and oxygen atoms in total. The lowest BCUT2D eigenvalue weighted by Gasteiger charge is -2.32. The number of hydrogen-bond acceptors (Lipinski definition) is 11. The van der Waals surface area contributed by atoms with Gasteiger partial charge in [0.15, 0.2) is 5.82 Å². The fourth-order valence-corrected chi connectivity index (χ4v) is 6.98. The average Bonchev–Trinajstić information content (AvgIpc) is 3.60. The number of aromatic nitrogens is 5. The maximum Gasteiger partial charge on any atom is 0.407 e. The maximum atomic E-state index is 14.3. The highest BCUT2D eigenvalue weighted by Gasteiger charge is 2.35. The summed E-state index contributed by atoms with van der Waals surface area (Å²) in [5.74, 6) is 0.124. The van der Waals surface area contributed by atoms with Crippen LogP contribution >= 0.6 is 11.6 Å². The number of alkyl carbamates (subject to hydrolysis) is 1. The van der Waals surface area contributed by atoms with Crippen LogP contribution in [0.3, 0.4) is 0 Å². The fourth-order valence-electron chi connectivity index (χ4n) is 6.86. The zero-order valence-electron chi connectivity index (χ0n) is 31.3. The maximum absolute atomic E-state index is 14.3. The molecule has 2 aliphatic rings. The van der Waals surface area contributed by atoms with E-state index in [1.165, 1.54) is 4.90 Å². The number of nitrogens with one attached hydrogen (secondary N) is 2. The molecule has 2 aromatic heterocycles. The predicted molar refractivity (Wildman–Crippen MR) is 208 cm³/mol. The molecule has 1 aliphatic carbocycles. The minimum absolute atomic E-state index is 0.156. The van der Waals surface area contributed by atoms with Gasteiger partial charge in [-0.05, 0) is 113 Å². The Morgan fingerprint density at radius 1 is 0.981 bits per heavy atom. The number of hydrogen-bond donors (Lipinski definition) is 3. The van der Waals surface area contributed by atoms with Crippen LogP contribution in [-0.4, -0.2) is 99.4 Å². The molecule has 3 heterocycles. The molecule has 2 fully saturated rings. The lowest BCUT2D eigenvalue weighted by molar-refractivity contribution is -0.130. The third-order valence-corrected chi connectivity index (χ3v) is 10.0. The predicted octanol–water partition coefficient (Wildman–Crippen LogP) is 5.09. The lowest BCUT2D eigenvalue weighted by atomic mass is 9.81. The Balaban J connectivity index is 1.15. The number of benzene rings is 2. The van der Waals surface area contributed by atoms with E-state index in [0.717, 1.165) is 55.7 Å². The van der Waals surface area contributed by atoms with Crippen LogP contribution in [-0.2, 0) is 20.7 Å². The van der Waals surface area contributed by atoms with Crippen molar-refractivity contribution in [3.8, 4) is 22.5 Å². The smallest absolute Gasteiger partial charge is 0.407 e. The number of halogens is 1. The van der Waals surface area contributed by atoms with E-state index in [9.17, 15) is 14.4 Å². The van der Waals surface area contributed by atoms with Gasteiger partial charge in [-0.1, -0.05) is 24.3 Å². The molecule has 286 valence electrons. The highest BCUT2D eigenvalue weighted by atomic mass is 35.5. The Morgan fingerprint density at radius 3 is 2.30 bits per heavy atom. The van der Waals surface area contributed by atoms with Crippen molar-refractivity contribution in [1.82, 2.24) is 35.4 Å². The number of nitrogens with two attached hydrogens (primary N) is 1. The van der Waals surface area contributed by atoms with E-state index in [1.54, 1.807) is 24.3 Å². The van der Waals surface area contributed by atoms with Crippen LogP contribution in [0.15, 0.2) is 60.9 Å². The van der Waals surface area contributed by atoms with Crippen LogP contribution in [0.4, 0.5) is 16.4 Å². The summed E-state index contributed by atoms with van der Waals surface area (Å²) in [4.78, 5) is 59.9. The Morgan fingerprint density at radius 2 is 1.67 bits per heavy atom. The van der Waals surface area contributed by atoms with E-state index < -0.39 is 23.6 Å². The standard InChI is InChI=1S/C39H49ClN10O4/c1-39(2,3)54-38(53)44-22-25-8-10-28(11-9-25)34(51)50(31-14-12-27(13-15-31)33-45-36(40)47-46-33)35(52)32(41)21-26-6-5-7-29(20-26)30-23-42-37(43-24-30)49-18-16-48(4)17-19-49/h5-7,12-15,20,23-25,28,32H,8-11,16-19,21-22,41H2,1-4H3,(H,44,53)(H,45,46,47)/t25?,28?,32-/m0/s1. The van der Waals surface area contributed by atoms with Crippen molar-refractivity contribution >= 4 is 41.1 Å². The highest BCUT2D eigenvalue weighted by Crippen LogP contribution is 2.32. The number of amides is 3. The Kier molecular flexibility index (Phi) is 12.2. The van der Waals surface area contributed by atoms with Crippen molar-refractivity contribution in [3.05, 3.63) is 71.8 Å². The number of H-pyrrole nitrogens is 1. The summed E-state index contributed by atoms with van der Waals surface area (Å²) in [6, 6.07) is 13.7. The van der Waals surface area contributed by atoms with Gasteiger partial charge in [-0.25, -0.2) is 24.8 Å². The summed E-state index contributed by atoms with van der Waals surface area (Å²) in [5, 5.41) is 9.72. The third kappa shape index (κ3) is 9.98. The minimum Gasteiger partial charge on any atom is -0.444 e. The van der Waals surface area contributed by atoms with Crippen LogP contribution in [0, 0.1) is 11.8 Å². The molecule has 0 bridgehead atoms. The molecule has 1 saturated heterocycles. The Hall–Kier alpha value is -4.92. The highest BCUT2D eigenvalue weighted by molar-refractivity contribution is 6.28. The second-order valence-electron chi connectivity index (χ2n) is 15.2. The summed E-state index contributed by atoms with van der Waals surface area (Å²) in [5.41, 5.74) is 9.75. The van der Waals surface area contributed by atoms with Crippen molar-refractivity contribution in [2.24, 2.45) is 17.6 Å². The molecule has 3 amide bonds. The number of carbonyl (C=O) groups excluding carboxylic acids is 3. The van der Waals surface area contributed by atoms with Crippen LogP contribution in [0.1, 0.15) is 52.0 Å². The molecule has 6 rings (SSSR count). The normalized spacial score (nSPS) is 18.5. The van der Waals surface area contributed by atoms with Gasteiger partial charge in [0.25, 0.3) is 5.91 Å². The molecule has 0 radical (unpaired) electrons. The zero-order chi connectivity index (χ0) is 38.4. The van der Waals surface area contributed by atoms with Crippen molar-refractivity contribution in [2.75, 3.05) is 49.6 Å². The molecule has 1 saturated carbocycles. The molecule has 2 aromatic carbocycles. The first-order valence-electron chi connectivity index (χ1n) is 18.5. The number of anilines is 2. The van der Waals surface area contributed by atoms with Crippen molar-refractivity contribution < 1.29 is 19.1 Å². The van der Waals surface area contributed by atoms with Crippen LogP contribution in [0.25, 0.3) is 22.5 Å². The van der Waals surface area contributed by atoms with E-state index >= 15 is 0 Å². The molecular weight excluding hydrogens is 708 g/mol. The van der Waals surface area contributed by atoms with Gasteiger partial charge in [0.1, 0.15) is 5.60 Å². The fraction of sp³-hybridized carbons (Fsp3) is 0.462. The number of nitrogens with zero attached hydrogens (tertiary/aromatic N) is 7.